The van der Waals surface area contributed by atoms with Gasteiger partial charge < -0.3 is 4.57 Å². The number of rotatable bonds is 6. The van der Waals surface area contributed by atoms with Crippen LogP contribution in [0.25, 0.3) is 27.7 Å². The van der Waals surface area contributed by atoms with Gasteiger partial charge in [-0.2, -0.15) is 0 Å². The first-order valence-corrected chi connectivity index (χ1v) is 11.5. The van der Waals surface area contributed by atoms with E-state index >= 15 is 0 Å². The van der Waals surface area contributed by atoms with Crippen molar-refractivity contribution in [1.82, 2.24) is 9.55 Å². The molecule has 0 aliphatic carbocycles. The molecule has 0 unspecified atom stereocenters. The van der Waals surface area contributed by atoms with Gasteiger partial charge in [0, 0.05) is 16.5 Å². The van der Waals surface area contributed by atoms with Gasteiger partial charge in [0.15, 0.2) is 0 Å². The van der Waals surface area contributed by atoms with Crippen molar-refractivity contribution in [3.05, 3.63) is 93.3 Å². The van der Waals surface area contributed by atoms with E-state index in [-0.39, 0.29) is 0 Å². The number of aryl methyl sites for hydroxylation is 2. The molecule has 3 heteroatoms. The SMILES string of the molecule is C=C(C)c1cc(C)c2nc(CCC)n(Cc3ccc(-c4ccccc4I)cc3)c2c1. The molecule has 1 heterocycles. The predicted octanol–water partition coefficient (Wildman–Crippen LogP) is 7.65. The second-order valence-electron chi connectivity index (χ2n) is 7.98. The minimum Gasteiger partial charge on any atom is -0.323 e. The van der Waals surface area contributed by atoms with Crippen LogP contribution in [0.4, 0.5) is 0 Å². The van der Waals surface area contributed by atoms with E-state index in [0.717, 1.165) is 36.3 Å². The molecule has 1 aromatic heterocycles. The molecule has 0 saturated heterocycles. The maximum atomic E-state index is 5.01. The molecule has 30 heavy (non-hydrogen) atoms. The second-order valence-corrected chi connectivity index (χ2v) is 9.14. The van der Waals surface area contributed by atoms with Crippen molar-refractivity contribution in [3.8, 4) is 11.1 Å². The molecule has 0 bridgehead atoms. The van der Waals surface area contributed by atoms with Gasteiger partial charge in [-0.25, -0.2) is 4.98 Å². The van der Waals surface area contributed by atoms with Gasteiger partial charge in [0.2, 0.25) is 0 Å². The monoisotopic (exact) mass is 506 g/mol. The van der Waals surface area contributed by atoms with Crippen molar-refractivity contribution >= 4 is 39.2 Å². The number of allylic oxidation sites excluding steroid dienone is 1. The largest absolute Gasteiger partial charge is 0.323 e. The summed E-state index contributed by atoms with van der Waals surface area (Å²) < 4.78 is 3.66. The van der Waals surface area contributed by atoms with Crippen molar-refractivity contribution in [2.45, 2.75) is 40.2 Å². The number of hydrogen-bond donors (Lipinski definition) is 0. The second kappa shape index (κ2) is 8.76. The van der Waals surface area contributed by atoms with Crippen molar-refractivity contribution in [1.29, 1.82) is 0 Å². The Hall–Kier alpha value is -2.40. The highest BCUT2D eigenvalue weighted by atomic mass is 127. The third-order valence-corrected chi connectivity index (χ3v) is 6.51. The van der Waals surface area contributed by atoms with Crippen molar-refractivity contribution < 1.29 is 0 Å². The minimum atomic E-state index is 0.830. The van der Waals surface area contributed by atoms with Crippen LogP contribution >= 0.6 is 22.6 Å². The lowest BCUT2D eigenvalue weighted by Gasteiger charge is -2.12. The van der Waals surface area contributed by atoms with Crippen LogP contribution in [0.2, 0.25) is 0 Å². The molecule has 0 aliphatic heterocycles. The van der Waals surface area contributed by atoms with Crippen LogP contribution in [0.1, 0.15) is 42.8 Å². The van der Waals surface area contributed by atoms with Gasteiger partial charge in [-0.3, -0.25) is 0 Å². The third kappa shape index (κ3) is 4.08. The topological polar surface area (TPSA) is 17.8 Å². The predicted molar refractivity (Wildman–Crippen MR) is 137 cm³/mol. The molecular weight excluding hydrogens is 479 g/mol. The minimum absolute atomic E-state index is 0.830. The zero-order valence-corrected chi connectivity index (χ0v) is 20.0. The molecule has 0 saturated carbocycles. The Kier molecular flexibility index (Phi) is 6.09. The number of fused-ring (bicyclic) bond motifs is 1. The highest BCUT2D eigenvalue weighted by Gasteiger charge is 2.14. The highest BCUT2D eigenvalue weighted by Crippen LogP contribution is 2.28. The molecule has 2 nitrogen and oxygen atoms in total. The molecule has 0 atom stereocenters. The fourth-order valence-electron chi connectivity index (χ4n) is 3.95. The first-order chi connectivity index (χ1) is 14.5. The van der Waals surface area contributed by atoms with E-state index < -0.39 is 0 Å². The van der Waals surface area contributed by atoms with E-state index in [4.69, 9.17) is 4.98 Å². The Morgan fingerprint density at radius 2 is 1.80 bits per heavy atom. The molecule has 0 amide bonds. The zero-order chi connectivity index (χ0) is 21.3. The van der Waals surface area contributed by atoms with Gasteiger partial charge in [-0.05, 0) is 88.9 Å². The maximum absolute atomic E-state index is 5.01. The van der Waals surface area contributed by atoms with Crippen LogP contribution in [0.3, 0.4) is 0 Å². The molecule has 4 rings (SSSR count). The number of nitrogens with zero attached hydrogens (tertiary/aromatic N) is 2. The van der Waals surface area contributed by atoms with Gasteiger partial charge in [0.05, 0.1) is 11.0 Å². The first-order valence-electron chi connectivity index (χ1n) is 10.5. The van der Waals surface area contributed by atoms with Crippen LogP contribution in [0.5, 0.6) is 0 Å². The summed E-state index contributed by atoms with van der Waals surface area (Å²) in [6, 6.07) is 21.9. The van der Waals surface area contributed by atoms with Gasteiger partial charge in [0.25, 0.3) is 0 Å². The average Bonchev–Trinajstić information content (AvgIpc) is 3.07. The summed E-state index contributed by atoms with van der Waals surface area (Å²) in [6.07, 6.45) is 2.07. The molecule has 0 aliphatic rings. The van der Waals surface area contributed by atoms with Gasteiger partial charge in [-0.15, -0.1) is 0 Å². The summed E-state index contributed by atoms with van der Waals surface area (Å²) in [5.74, 6) is 1.16. The van der Waals surface area contributed by atoms with Gasteiger partial charge in [0.1, 0.15) is 5.82 Å². The normalized spacial score (nSPS) is 11.2. The first kappa shape index (κ1) is 20.9. The molecule has 3 aromatic carbocycles. The van der Waals surface area contributed by atoms with Crippen LogP contribution in [-0.4, -0.2) is 9.55 Å². The van der Waals surface area contributed by atoms with Crippen molar-refractivity contribution in [3.63, 3.8) is 0 Å². The third-order valence-electron chi connectivity index (χ3n) is 5.57. The van der Waals surface area contributed by atoms with Crippen LogP contribution in [0, 0.1) is 10.5 Å². The smallest absolute Gasteiger partial charge is 0.110 e. The number of imidazole rings is 1. The average molecular weight is 506 g/mol. The Labute approximate surface area is 192 Å². The zero-order valence-electron chi connectivity index (χ0n) is 17.9. The summed E-state index contributed by atoms with van der Waals surface area (Å²) in [7, 11) is 0. The van der Waals surface area contributed by atoms with Crippen LogP contribution in [-0.2, 0) is 13.0 Å². The lowest BCUT2D eigenvalue weighted by Crippen LogP contribution is -2.05. The Bertz CT molecular complexity index is 1220. The molecule has 4 aromatic rings. The molecule has 0 fully saturated rings. The van der Waals surface area contributed by atoms with Crippen molar-refractivity contribution in [2.75, 3.05) is 0 Å². The van der Waals surface area contributed by atoms with E-state index in [1.54, 1.807) is 0 Å². The number of aromatic nitrogens is 2. The maximum Gasteiger partial charge on any atom is 0.110 e. The molecule has 152 valence electrons. The molecule has 0 N–H and O–H groups in total. The van der Waals surface area contributed by atoms with E-state index in [1.807, 2.05) is 0 Å². The Morgan fingerprint density at radius 1 is 1.07 bits per heavy atom. The quantitative estimate of drug-likeness (QED) is 0.246. The lowest BCUT2D eigenvalue weighted by molar-refractivity contribution is 0.722. The molecule has 0 radical (unpaired) electrons. The standard InChI is InChI=1S/C27H27IN2/c1-5-8-26-29-27-19(4)15-22(18(2)3)16-25(27)30(26)17-20-11-13-21(14-12-20)23-9-6-7-10-24(23)28/h6-7,9-16H,2,5,8,17H2,1,3-4H3. The number of benzene rings is 3. The fraction of sp³-hybridized carbons (Fsp3) is 0.222. The van der Waals surface area contributed by atoms with E-state index in [9.17, 15) is 0 Å². The van der Waals surface area contributed by atoms with E-state index in [2.05, 4.69) is 115 Å². The summed E-state index contributed by atoms with van der Waals surface area (Å²) in [5, 5.41) is 0. The van der Waals surface area contributed by atoms with Crippen molar-refractivity contribution in [2.24, 2.45) is 0 Å². The van der Waals surface area contributed by atoms with Crippen LogP contribution < -0.4 is 0 Å². The summed E-state index contributed by atoms with van der Waals surface area (Å²) >= 11 is 2.41. The Balaban J connectivity index is 1.74. The highest BCUT2D eigenvalue weighted by molar-refractivity contribution is 14.1. The Morgan fingerprint density at radius 3 is 2.47 bits per heavy atom. The van der Waals surface area contributed by atoms with Crippen LogP contribution in [0.15, 0.2) is 67.2 Å². The van der Waals surface area contributed by atoms with Gasteiger partial charge >= 0.3 is 0 Å². The van der Waals surface area contributed by atoms with E-state index in [0.29, 0.717) is 0 Å². The molecule has 0 spiro atoms. The number of halogens is 1. The summed E-state index contributed by atoms with van der Waals surface area (Å²) in [6.45, 7) is 11.4. The fourth-order valence-corrected chi connectivity index (χ4v) is 4.64. The lowest BCUT2D eigenvalue weighted by atomic mass is 10.0. The number of hydrogen-bond acceptors (Lipinski definition) is 1. The summed E-state index contributed by atoms with van der Waals surface area (Å²) in [4.78, 5) is 5.01. The van der Waals surface area contributed by atoms with Gasteiger partial charge in [-0.1, -0.05) is 61.5 Å². The molecular formula is C27H27IN2. The summed E-state index contributed by atoms with van der Waals surface area (Å²) in [5.41, 5.74) is 9.65. The van der Waals surface area contributed by atoms with E-state index in [1.165, 1.54) is 36.9 Å².